The molecule has 1 N–H and O–H groups in total. The standard InChI is InChI=1S/C12H21N3S/c1-10(2)9-15-6-5-13-12(15)14-11-3-7-16-8-4-11/h5-6,10-11H,3-4,7-9H2,1-2H3,(H,13,14). The molecule has 1 aromatic rings. The molecule has 0 aliphatic carbocycles. The molecule has 16 heavy (non-hydrogen) atoms. The Morgan fingerprint density at radius 2 is 2.25 bits per heavy atom. The average Bonchev–Trinajstić information content (AvgIpc) is 2.66. The third-order valence-electron chi connectivity index (χ3n) is 2.83. The number of anilines is 1. The van der Waals surface area contributed by atoms with Crippen LogP contribution in [0.2, 0.25) is 0 Å². The minimum atomic E-state index is 0.620. The van der Waals surface area contributed by atoms with Gasteiger partial charge in [0.05, 0.1) is 0 Å². The van der Waals surface area contributed by atoms with Crippen LogP contribution in [-0.4, -0.2) is 27.1 Å². The van der Waals surface area contributed by atoms with Crippen LogP contribution >= 0.6 is 11.8 Å². The first-order valence-electron chi connectivity index (χ1n) is 6.11. The van der Waals surface area contributed by atoms with Gasteiger partial charge in [-0.05, 0) is 30.3 Å². The summed E-state index contributed by atoms with van der Waals surface area (Å²) in [6, 6.07) is 0.620. The largest absolute Gasteiger partial charge is 0.353 e. The molecule has 2 rings (SSSR count). The molecule has 2 heterocycles. The van der Waals surface area contributed by atoms with Gasteiger partial charge in [0.1, 0.15) is 0 Å². The van der Waals surface area contributed by atoms with Crippen LogP contribution in [0.15, 0.2) is 12.4 Å². The summed E-state index contributed by atoms with van der Waals surface area (Å²) < 4.78 is 2.23. The van der Waals surface area contributed by atoms with Crippen molar-refractivity contribution in [3.05, 3.63) is 12.4 Å². The molecular formula is C12H21N3S. The molecule has 3 nitrogen and oxygen atoms in total. The van der Waals surface area contributed by atoms with Crippen molar-refractivity contribution >= 4 is 17.7 Å². The summed E-state index contributed by atoms with van der Waals surface area (Å²) in [7, 11) is 0. The van der Waals surface area contributed by atoms with Crippen molar-refractivity contribution in [1.82, 2.24) is 9.55 Å². The van der Waals surface area contributed by atoms with Crippen molar-refractivity contribution < 1.29 is 0 Å². The fourth-order valence-corrected chi connectivity index (χ4v) is 3.12. The van der Waals surface area contributed by atoms with Gasteiger partial charge in [0, 0.05) is 25.0 Å². The number of thioether (sulfide) groups is 1. The molecule has 1 fully saturated rings. The maximum Gasteiger partial charge on any atom is 0.202 e. The van der Waals surface area contributed by atoms with E-state index in [1.54, 1.807) is 0 Å². The minimum absolute atomic E-state index is 0.620. The second-order valence-electron chi connectivity index (χ2n) is 4.83. The number of nitrogens with zero attached hydrogens (tertiary/aromatic N) is 2. The minimum Gasteiger partial charge on any atom is -0.353 e. The Morgan fingerprint density at radius 3 is 2.94 bits per heavy atom. The van der Waals surface area contributed by atoms with E-state index in [0.717, 1.165) is 12.5 Å². The third kappa shape index (κ3) is 3.17. The predicted octanol–water partition coefficient (Wildman–Crippen LogP) is 2.85. The Hall–Kier alpha value is -0.640. The fourth-order valence-electron chi connectivity index (χ4n) is 2.01. The number of hydrogen-bond donors (Lipinski definition) is 1. The molecule has 0 bridgehead atoms. The van der Waals surface area contributed by atoms with Crippen LogP contribution in [-0.2, 0) is 6.54 Å². The SMILES string of the molecule is CC(C)Cn1ccnc1NC1CCSCC1. The molecule has 0 spiro atoms. The Morgan fingerprint density at radius 1 is 1.50 bits per heavy atom. The summed E-state index contributed by atoms with van der Waals surface area (Å²) in [5, 5.41) is 3.57. The first-order chi connectivity index (χ1) is 7.75. The molecule has 0 saturated carbocycles. The van der Waals surface area contributed by atoms with Gasteiger partial charge in [-0.3, -0.25) is 0 Å². The summed E-state index contributed by atoms with van der Waals surface area (Å²) in [6.07, 6.45) is 6.49. The first-order valence-corrected chi connectivity index (χ1v) is 7.26. The maximum atomic E-state index is 4.41. The zero-order valence-corrected chi connectivity index (χ0v) is 11.0. The molecule has 90 valence electrons. The van der Waals surface area contributed by atoms with Gasteiger partial charge in [-0.2, -0.15) is 11.8 Å². The molecule has 0 atom stereocenters. The first kappa shape index (κ1) is 11.8. The number of nitrogens with one attached hydrogen (secondary N) is 1. The number of rotatable bonds is 4. The smallest absolute Gasteiger partial charge is 0.202 e. The monoisotopic (exact) mass is 239 g/mol. The van der Waals surface area contributed by atoms with Crippen molar-refractivity contribution in [2.75, 3.05) is 16.8 Å². The quantitative estimate of drug-likeness (QED) is 0.876. The van der Waals surface area contributed by atoms with E-state index < -0.39 is 0 Å². The lowest BCUT2D eigenvalue weighted by Crippen LogP contribution is -2.26. The highest BCUT2D eigenvalue weighted by Crippen LogP contribution is 2.20. The van der Waals surface area contributed by atoms with E-state index in [1.165, 1.54) is 24.3 Å². The molecule has 0 radical (unpaired) electrons. The molecule has 4 heteroatoms. The lowest BCUT2D eigenvalue weighted by molar-refractivity contribution is 0.522. The van der Waals surface area contributed by atoms with Crippen molar-refractivity contribution in [1.29, 1.82) is 0 Å². The fraction of sp³-hybridized carbons (Fsp3) is 0.750. The normalized spacial score (nSPS) is 17.9. The molecule has 1 saturated heterocycles. The van der Waals surface area contributed by atoms with Gasteiger partial charge in [0.15, 0.2) is 0 Å². The zero-order valence-electron chi connectivity index (χ0n) is 10.1. The predicted molar refractivity (Wildman–Crippen MR) is 71.0 cm³/mol. The summed E-state index contributed by atoms with van der Waals surface area (Å²) in [4.78, 5) is 4.41. The molecule has 0 amide bonds. The number of hydrogen-bond acceptors (Lipinski definition) is 3. The van der Waals surface area contributed by atoms with Crippen LogP contribution in [0.5, 0.6) is 0 Å². The van der Waals surface area contributed by atoms with Gasteiger partial charge in [-0.15, -0.1) is 0 Å². The number of aromatic nitrogens is 2. The van der Waals surface area contributed by atoms with Gasteiger partial charge in [-0.25, -0.2) is 4.98 Å². The second-order valence-corrected chi connectivity index (χ2v) is 6.05. The lowest BCUT2D eigenvalue weighted by Gasteiger charge is -2.23. The summed E-state index contributed by atoms with van der Waals surface area (Å²) >= 11 is 2.06. The molecule has 1 aliphatic heterocycles. The Labute approximate surface area is 102 Å². The third-order valence-corrected chi connectivity index (χ3v) is 3.88. The van der Waals surface area contributed by atoms with E-state index in [4.69, 9.17) is 0 Å². The Bertz CT molecular complexity index is 316. The summed E-state index contributed by atoms with van der Waals surface area (Å²) in [6.45, 7) is 5.52. The van der Waals surface area contributed by atoms with Crippen molar-refractivity contribution in [3.8, 4) is 0 Å². The van der Waals surface area contributed by atoms with E-state index in [-0.39, 0.29) is 0 Å². The van der Waals surface area contributed by atoms with Crippen LogP contribution < -0.4 is 5.32 Å². The van der Waals surface area contributed by atoms with Crippen molar-refractivity contribution in [2.24, 2.45) is 5.92 Å². The van der Waals surface area contributed by atoms with Crippen LogP contribution in [0.1, 0.15) is 26.7 Å². The Kier molecular flexibility index (Phi) is 4.16. The highest BCUT2D eigenvalue weighted by atomic mass is 32.2. The van der Waals surface area contributed by atoms with Gasteiger partial charge < -0.3 is 9.88 Å². The van der Waals surface area contributed by atoms with Gasteiger partial charge >= 0.3 is 0 Å². The number of imidazole rings is 1. The second kappa shape index (κ2) is 5.62. The maximum absolute atomic E-state index is 4.41. The summed E-state index contributed by atoms with van der Waals surface area (Å²) in [5.41, 5.74) is 0. The van der Waals surface area contributed by atoms with E-state index in [1.807, 2.05) is 6.20 Å². The lowest BCUT2D eigenvalue weighted by atomic mass is 10.1. The molecule has 1 aromatic heterocycles. The molecule has 0 aromatic carbocycles. The van der Waals surface area contributed by atoms with E-state index in [2.05, 4.69) is 46.7 Å². The van der Waals surface area contributed by atoms with Gasteiger partial charge in [-0.1, -0.05) is 13.8 Å². The highest BCUT2D eigenvalue weighted by molar-refractivity contribution is 7.99. The Balaban J connectivity index is 1.94. The van der Waals surface area contributed by atoms with Gasteiger partial charge in [0.2, 0.25) is 5.95 Å². The molecule has 1 aliphatic rings. The van der Waals surface area contributed by atoms with Crippen molar-refractivity contribution in [3.63, 3.8) is 0 Å². The highest BCUT2D eigenvalue weighted by Gasteiger charge is 2.15. The topological polar surface area (TPSA) is 29.9 Å². The van der Waals surface area contributed by atoms with Crippen LogP contribution in [0.25, 0.3) is 0 Å². The zero-order chi connectivity index (χ0) is 11.4. The van der Waals surface area contributed by atoms with E-state index in [0.29, 0.717) is 12.0 Å². The van der Waals surface area contributed by atoms with Crippen LogP contribution in [0, 0.1) is 5.92 Å². The average molecular weight is 239 g/mol. The van der Waals surface area contributed by atoms with Crippen LogP contribution in [0.4, 0.5) is 5.95 Å². The van der Waals surface area contributed by atoms with Crippen molar-refractivity contribution in [2.45, 2.75) is 39.3 Å². The van der Waals surface area contributed by atoms with E-state index >= 15 is 0 Å². The van der Waals surface area contributed by atoms with E-state index in [9.17, 15) is 0 Å². The molecule has 0 unspecified atom stereocenters. The summed E-state index contributed by atoms with van der Waals surface area (Å²) in [5.74, 6) is 4.27. The molecular weight excluding hydrogens is 218 g/mol. The van der Waals surface area contributed by atoms with Crippen LogP contribution in [0.3, 0.4) is 0 Å². The van der Waals surface area contributed by atoms with Gasteiger partial charge in [0.25, 0.3) is 0 Å².